The second kappa shape index (κ2) is 5.41. The number of aryl methyl sites for hydroxylation is 2. The molecule has 2 aliphatic rings. The topological polar surface area (TPSA) is 58.0 Å². The average molecular weight is 287 g/mol. The van der Waals surface area contributed by atoms with E-state index in [1.165, 1.54) is 17.0 Å². The molecule has 1 aliphatic heterocycles. The van der Waals surface area contributed by atoms with Crippen LogP contribution < -0.4 is 5.32 Å². The van der Waals surface area contributed by atoms with E-state index in [1.54, 1.807) is 0 Å². The van der Waals surface area contributed by atoms with Gasteiger partial charge in [0.05, 0.1) is 23.7 Å². The van der Waals surface area contributed by atoms with Crippen LogP contribution in [0.4, 0.5) is 5.69 Å². The third-order valence-electron chi connectivity index (χ3n) is 5.00. The second-order valence-corrected chi connectivity index (χ2v) is 6.42. The number of aliphatic hydroxyl groups excluding tert-OH is 1. The number of nitrogens with one attached hydrogen (secondary N) is 1. The maximum atomic E-state index is 9.24. The summed E-state index contributed by atoms with van der Waals surface area (Å²) >= 11 is 0. The molecule has 0 aromatic carbocycles. The molecule has 0 radical (unpaired) electrons. The van der Waals surface area contributed by atoms with E-state index in [0.29, 0.717) is 5.92 Å². The van der Waals surface area contributed by atoms with Gasteiger partial charge in [0.25, 0.3) is 0 Å². The smallest absolute Gasteiger partial charge is 0.125 e. The largest absolute Gasteiger partial charge is 0.392 e. The minimum Gasteiger partial charge on any atom is -0.392 e. The Kier molecular flexibility index (Phi) is 3.74. The maximum Gasteiger partial charge on any atom is 0.125 e. The van der Waals surface area contributed by atoms with E-state index in [2.05, 4.69) is 24.1 Å². The zero-order valence-electron chi connectivity index (χ0n) is 13.2. The van der Waals surface area contributed by atoms with Crippen molar-refractivity contribution in [2.45, 2.75) is 64.3 Å². The summed E-state index contributed by atoms with van der Waals surface area (Å²) in [5, 5.41) is 13.0. The van der Waals surface area contributed by atoms with Crippen molar-refractivity contribution < 1.29 is 5.11 Å². The van der Waals surface area contributed by atoms with Crippen LogP contribution in [-0.4, -0.2) is 27.2 Å². The lowest BCUT2D eigenvalue weighted by Crippen LogP contribution is -2.47. The molecule has 1 aliphatic carbocycles. The number of aromatic nitrogens is 2. The van der Waals surface area contributed by atoms with Gasteiger partial charge in [0, 0.05) is 11.5 Å². The molecule has 21 heavy (non-hydrogen) atoms. The molecule has 0 spiro atoms. The zero-order valence-corrected chi connectivity index (χ0v) is 13.2. The molecule has 0 unspecified atom stereocenters. The monoisotopic (exact) mass is 287 g/mol. The molecule has 1 aromatic rings. The summed E-state index contributed by atoms with van der Waals surface area (Å²) < 4.78 is 0. The van der Waals surface area contributed by atoms with Crippen molar-refractivity contribution in [3.05, 3.63) is 28.9 Å². The minimum absolute atomic E-state index is 0.111. The second-order valence-electron chi connectivity index (χ2n) is 6.42. The van der Waals surface area contributed by atoms with Gasteiger partial charge in [0.15, 0.2) is 0 Å². The van der Waals surface area contributed by atoms with Crippen LogP contribution >= 0.6 is 0 Å². The van der Waals surface area contributed by atoms with Crippen molar-refractivity contribution in [2.75, 3.05) is 11.9 Å². The van der Waals surface area contributed by atoms with Crippen LogP contribution in [0.1, 0.15) is 62.7 Å². The Bertz CT molecular complexity index is 582. The Morgan fingerprint density at radius 3 is 2.86 bits per heavy atom. The minimum atomic E-state index is 0.111. The molecule has 1 saturated carbocycles. The molecule has 2 heterocycles. The van der Waals surface area contributed by atoms with Gasteiger partial charge in [-0.15, -0.1) is 0 Å². The molecule has 2 bridgehead atoms. The van der Waals surface area contributed by atoms with Crippen LogP contribution in [0, 0.1) is 6.92 Å². The van der Waals surface area contributed by atoms with E-state index in [-0.39, 0.29) is 12.1 Å². The quantitative estimate of drug-likeness (QED) is 0.839. The number of rotatable bonds is 3. The number of aliphatic hydroxyl groups is 1. The zero-order chi connectivity index (χ0) is 15.0. The molecule has 4 heteroatoms. The fourth-order valence-electron chi connectivity index (χ4n) is 3.98. The van der Waals surface area contributed by atoms with Crippen molar-refractivity contribution in [3.63, 3.8) is 0 Å². The molecule has 1 fully saturated rings. The van der Waals surface area contributed by atoms with Gasteiger partial charge in [0.2, 0.25) is 0 Å². The van der Waals surface area contributed by atoms with Gasteiger partial charge in [-0.3, -0.25) is 0 Å². The highest BCUT2D eigenvalue weighted by Crippen LogP contribution is 2.50. The van der Waals surface area contributed by atoms with Crippen molar-refractivity contribution in [3.8, 4) is 0 Å². The van der Waals surface area contributed by atoms with Crippen molar-refractivity contribution in [1.29, 1.82) is 0 Å². The van der Waals surface area contributed by atoms with Crippen LogP contribution in [0.3, 0.4) is 0 Å². The van der Waals surface area contributed by atoms with E-state index in [0.717, 1.165) is 43.6 Å². The Morgan fingerprint density at radius 2 is 2.19 bits per heavy atom. The number of nitrogens with zero attached hydrogens (tertiary/aromatic N) is 2. The van der Waals surface area contributed by atoms with E-state index in [1.807, 2.05) is 13.0 Å². The summed E-state index contributed by atoms with van der Waals surface area (Å²) in [4.78, 5) is 9.36. The van der Waals surface area contributed by atoms with Gasteiger partial charge < -0.3 is 10.4 Å². The standard InChI is InChI=1S/C17H25N3O/c1-4-14-16-15(19-11(3)18-14)13-8-12(6-7-21)9-17(5-2,10-13)20-16/h6,13,20-21H,4-5,7-10H2,1-3H3/b12-6-/t13-,17+/m0/s1. The van der Waals surface area contributed by atoms with Crippen LogP contribution in [0.5, 0.6) is 0 Å². The average Bonchev–Trinajstić information content (AvgIpc) is 2.48. The third-order valence-corrected chi connectivity index (χ3v) is 5.00. The highest BCUT2D eigenvalue weighted by Gasteiger charge is 2.43. The Morgan fingerprint density at radius 1 is 1.38 bits per heavy atom. The van der Waals surface area contributed by atoms with E-state index in [4.69, 9.17) is 4.98 Å². The first-order valence-corrected chi connectivity index (χ1v) is 8.05. The number of anilines is 1. The summed E-state index contributed by atoms with van der Waals surface area (Å²) in [7, 11) is 0. The van der Waals surface area contributed by atoms with Crippen LogP contribution in [-0.2, 0) is 6.42 Å². The molecule has 0 amide bonds. The Hall–Kier alpha value is -1.42. The number of hydrogen-bond acceptors (Lipinski definition) is 4. The molecule has 2 N–H and O–H groups in total. The number of fused-ring (bicyclic) bond motifs is 4. The third kappa shape index (κ3) is 2.46. The molecule has 2 atom stereocenters. The van der Waals surface area contributed by atoms with Gasteiger partial charge >= 0.3 is 0 Å². The summed E-state index contributed by atoms with van der Waals surface area (Å²) in [6.07, 6.45) is 7.19. The first-order chi connectivity index (χ1) is 10.1. The summed E-state index contributed by atoms with van der Waals surface area (Å²) in [6.45, 7) is 6.52. The van der Waals surface area contributed by atoms with Gasteiger partial charge in [-0.1, -0.05) is 25.5 Å². The molecule has 3 rings (SSSR count). The molecule has 4 nitrogen and oxygen atoms in total. The van der Waals surface area contributed by atoms with Crippen LogP contribution in [0.2, 0.25) is 0 Å². The predicted molar refractivity (Wildman–Crippen MR) is 84.6 cm³/mol. The predicted octanol–water partition coefficient (Wildman–Crippen LogP) is 3.11. The van der Waals surface area contributed by atoms with E-state index < -0.39 is 0 Å². The fraction of sp³-hybridized carbons (Fsp3) is 0.647. The van der Waals surface area contributed by atoms with Crippen molar-refractivity contribution in [2.24, 2.45) is 0 Å². The highest BCUT2D eigenvalue weighted by molar-refractivity contribution is 5.59. The lowest BCUT2D eigenvalue weighted by molar-refractivity contribution is 0.306. The molecule has 1 aromatic heterocycles. The van der Waals surface area contributed by atoms with Gasteiger partial charge in [0.1, 0.15) is 5.82 Å². The molecular weight excluding hydrogens is 262 g/mol. The lowest BCUT2D eigenvalue weighted by atomic mass is 9.68. The lowest BCUT2D eigenvalue weighted by Gasteiger charge is -2.48. The van der Waals surface area contributed by atoms with Crippen LogP contribution in [0.15, 0.2) is 11.6 Å². The van der Waals surface area contributed by atoms with Gasteiger partial charge in [-0.2, -0.15) is 0 Å². The van der Waals surface area contributed by atoms with E-state index in [9.17, 15) is 5.11 Å². The first-order valence-electron chi connectivity index (χ1n) is 8.05. The summed E-state index contributed by atoms with van der Waals surface area (Å²) in [5.41, 5.74) is 4.99. The molecule has 114 valence electrons. The summed E-state index contributed by atoms with van der Waals surface area (Å²) in [5.74, 6) is 1.33. The van der Waals surface area contributed by atoms with Crippen molar-refractivity contribution >= 4 is 5.69 Å². The van der Waals surface area contributed by atoms with Crippen LogP contribution in [0.25, 0.3) is 0 Å². The molecular formula is C17H25N3O. The Balaban J connectivity index is 2.10. The SMILES string of the molecule is CCc1nc(C)nc2c1N[C@]1(CC)C/C(=C\CO)C[C@H]2C1. The molecule has 0 saturated heterocycles. The van der Waals surface area contributed by atoms with E-state index >= 15 is 0 Å². The van der Waals surface area contributed by atoms with Gasteiger partial charge in [-0.25, -0.2) is 9.97 Å². The van der Waals surface area contributed by atoms with Gasteiger partial charge in [-0.05, 0) is 39.0 Å². The maximum absolute atomic E-state index is 9.24. The first kappa shape index (κ1) is 14.5. The fourth-order valence-corrected chi connectivity index (χ4v) is 3.98. The highest BCUT2D eigenvalue weighted by atomic mass is 16.2. The summed E-state index contributed by atoms with van der Waals surface area (Å²) in [6, 6.07) is 0. The number of hydrogen-bond donors (Lipinski definition) is 2. The normalized spacial score (nSPS) is 29.1. The Labute approximate surface area is 126 Å². The van der Waals surface area contributed by atoms with Crippen molar-refractivity contribution in [1.82, 2.24) is 9.97 Å².